The highest BCUT2D eigenvalue weighted by molar-refractivity contribution is 6.33. The van der Waals surface area contributed by atoms with Gasteiger partial charge < -0.3 is 17.2 Å². The topological polar surface area (TPSA) is 24.6 Å². The SMILES string of the molecule is CON=CC1=[N+](C)c2ccccc2C1(C)C.[Cl-]. The van der Waals surface area contributed by atoms with Gasteiger partial charge in [-0.2, -0.15) is 4.58 Å². The summed E-state index contributed by atoms with van der Waals surface area (Å²) in [6.45, 7) is 4.40. The zero-order valence-corrected chi connectivity index (χ0v) is 11.3. The van der Waals surface area contributed by atoms with E-state index in [2.05, 4.69) is 54.9 Å². The van der Waals surface area contributed by atoms with E-state index in [1.54, 1.807) is 13.3 Å². The van der Waals surface area contributed by atoms with Gasteiger partial charge in [0.15, 0.2) is 0 Å². The molecule has 1 heterocycles. The molecule has 0 atom stereocenters. The molecule has 2 rings (SSSR count). The maximum Gasteiger partial charge on any atom is 0.213 e. The maximum atomic E-state index is 4.77. The Balaban J connectivity index is 0.00000144. The van der Waals surface area contributed by atoms with E-state index in [0.717, 1.165) is 5.71 Å². The van der Waals surface area contributed by atoms with Crippen molar-refractivity contribution in [3.05, 3.63) is 29.8 Å². The van der Waals surface area contributed by atoms with Crippen LogP contribution in [0.2, 0.25) is 0 Å². The Morgan fingerprint density at radius 1 is 1.29 bits per heavy atom. The van der Waals surface area contributed by atoms with Gasteiger partial charge in [-0.3, -0.25) is 0 Å². The molecule has 0 bridgehead atoms. The molecular weight excluding hydrogens is 236 g/mol. The zero-order chi connectivity index (χ0) is 11.8. The van der Waals surface area contributed by atoms with Gasteiger partial charge in [-0.25, -0.2) is 0 Å². The Morgan fingerprint density at radius 2 is 1.94 bits per heavy atom. The van der Waals surface area contributed by atoms with Crippen molar-refractivity contribution >= 4 is 17.6 Å². The highest BCUT2D eigenvalue weighted by Crippen LogP contribution is 2.37. The largest absolute Gasteiger partial charge is 1.00 e. The molecule has 0 aliphatic carbocycles. The van der Waals surface area contributed by atoms with Crippen LogP contribution in [0, 0.1) is 0 Å². The first-order valence-corrected chi connectivity index (χ1v) is 5.36. The van der Waals surface area contributed by atoms with Crippen molar-refractivity contribution in [3.8, 4) is 0 Å². The zero-order valence-electron chi connectivity index (χ0n) is 10.6. The summed E-state index contributed by atoms with van der Waals surface area (Å²) in [5.74, 6) is 0. The summed E-state index contributed by atoms with van der Waals surface area (Å²) in [7, 11) is 3.62. The molecule has 92 valence electrons. The molecule has 0 radical (unpaired) electrons. The number of hydrogen-bond donors (Lipinski definition) is 0. The summed E-state index contributed by atoms with van der Waals surface area (Å²) in [5, 5.41) is 3.88. The normalized spacial score (nSPS) is 16.9. The van der Waals surface area contributed by atoms with Crippen LogP contribution in [0.5, 0.6) is 0 Å². The lowest BCUT2D eigenvalue weighted by Gasteiger charge is -2.14. The molecule has 3 nitrogen and oxygen atoms in total. The van der Waals surface area contributed by atoms with Gasteiger partial charge in [-0.15, -0.1) is 0 Å². The predicted octanol–water partition coefficient (Wildman–Crippen LogP) is -0.671. The van der Waals surface area contributed by atoms with Crippen molar-refractivity contribution in [2.75, 3.05) is 14.2 Å². The van der Waals surface area contributed by atoms with Crippen molar-refractivity contribution in [3.63, 3.8) is 0 Å². The van der Waals surface area contributed by atoms with E-state index in [1.165, 1.54) is 11.3 Å². The fourth-order valence-corrected chi connectivity index (χ4v) is 2.33. The number of rotatable bonds is 2. The Labute approximate surface area is 108 Å². The van der Waals surface area contributed by atoms with Crippen LogP contribution in [0.4, 0.5) is 5.69 Å². The molecule has 0 amide bonds. The van der Waals surface area contributed by atoms with Crippen LogP contribution < -0.4 is 12.4 Å². The van der Waals surface area contributed by atoms with E-state index in [4.69, 9.17) is 4.84 Å². The number of oxime groups is 1. The molecule has 4 heteroatoms. The van der Waals surface area contributed by atoms with Gasteiger partial charge in [0.25, 0.3) is 0 Å². The highest BCUT2D eigenvalue weighted by atomic mass is 35.5. The standard InChI is InChI=1S/C13H17N2O.ClH/c1-13(2)10-7-5-6-8-11(10)15(3)12(13)9-14-16-4;/h5-9H,1-4H3;1H/q+1;/p-1. The van der Waals surface area contributed by atoms with Gasteiger partial charge in [0.2, 0.25) is 11.4 Å². The smallest absolute Gasteiger partial charge is 0.213 e. The van der Waals surface area contributed by atoms with Crippen LogP contribution >= 0.6 is 0 Å². The number of hydrogen-bond acceptors (Lipinski definition) is 2. The molecule has 0 aromatic heterocycles. The fraction of sp³-hybridized carbons (Fsp3) is 0.385. The van der Waals surface area contributed by atoms with Crippen LogP contribution in [0.1, 0.15) is 19.4 Å². The summed E-state index contributed by atoms with van der Waals surface area (Å²) < 4.78 is 2.16. The van der Waals surface area contributed by atoms with E-state index in [1.807, 2.05) is 0 Å². The lowest BCUT2D eigenvalue weighted by atomic mass is 9.82. The Hall–Kier alpha value is -1.35. The summed E-state index contributed by atoms with van der Waals surface area (Å²) in [5.41, 5.74) is 3.70. The summed E-state index contributed by atoms with van der Waals surface area (Å²) >= 11 is 0. The first-order valence-electron chi connectivity index (χ1n) is 5.36. The first kappa shape index (κ1) is 13.7. The van der Waals surface area contributed by atoms with Crippen molar-refractivity contribution in [2.24, 2.45) is 5.16 Å². The predicted molar refractivity (Wildman–Crippen MR) is 65.8 cm³/mol. The van der Waals surface area contributed by atoms with Crippen LogP contribution in [0.3, 0.4) is 0 Å². The number of halogens is 1. The maximum absolute atomic E-state index is 4.77. The van der Waals surface area contributed by atoms with E-state index in [9.17, 15) is 0 Å². The lowest BCUT2D eigenvalue weighted by Crippen LogP contribution is -3.00. The first-order chi connectivity index (χ1) is 7.59. The van der Waals surface area contributed by atoms with E-state index >= 15 is 0 Å². The molecule has 0 saturated carbocycles. The van der Waals surface area contributed by atoms with Crippen molar-refractivity contribution in [2.45, 2.75) is 19.3 Å². The minimum absolute atomic E-state index is 0. The Bertz CT molecular complexity index is 478. The second-order valence-corrected chi connectivity index (χ2v) is 4.50. The summed E-state index contributed by atoms with van der Waals surface area (Å²) in [4.78, 5) is 4.77. The van der Waals surface area contributed by atoms with Gasteiger partial charge in [0, 0.05) is 11.6 Å². The van der Waals surface area contributed by atoms with Crippen LogP contribution in [0.25, 0.3) is 0 Å². The monoisotopic (exact) mass is 252 g/mol. The number of para-hydroxylation sites is 1. The minimum Gasteiger partial charge on any atom is -1.00 e. The second kappa shape index (κ2) is 4.88. The number of nitrogens with zero attached hydrogens (tertiary/aromatic N) is 2. The molecule has 17 heavy (non-hydrogen) atoms. The van der Waals surface area contributed by atoms with Gasteiger partial charge >= 0.3 is 0 Å². The molecular formula is C13H17ClN2O. The van der Waals surface area contributed by atoms with E-state index in [-0.39, 0.29) is 17.8 Å². The van der Waals surface area contributed by atoms with E-state index in [0.29, 0.717) is 0 Å². The third-order valence-corrected chi connectivity index (χ3v) is 3.22. The quantitative estimate of drug-likeness (QED) is 0.389. The van der Waals surface area contributed by atoms with Crippen LogP contribution in [0.15, 0.2) is 29.4 Å². The molecule has 0 unspecified atom stereocenters. The molecule has 1 aromatic carbocycles. The molecule has 1 aliphatic rings. The molecule has 0 saturated heterocycles. The highest BCUT2D eigenvalue weighted by Gasteiger charge is 2.43. The van der Waals surface area contributed by atoms with Crippen LogP contribution in [-0.4, -0.2) is 30.7 Å². The average Bonchev–Trinajstić information content (AvgIpc) is 2.46. The second-order valence-electron chi connectivity index (χ2n) is 4.50. The van der Waals surface area contributed by atoms with Gasteiger partial charge in [-0.1, -0.05) is 23.4 Å². The summed E-state index contributed by atoms with van der Waals surface area (Å²) in [6, 6.07) is 8.43. The van der Waals surface area contributed by atoms with Crippen molar-refractivity contribution < 1.29 is 21.8 Å². The molecule has 1 aliphatic heterocycles. The van der Waals surface area contributed by atoms with Crippen LogP contribution in [-0.2, 0) is 10.3 Å². The fourth-order valence-electron chi connectivity index (χ4n) is 2.33. The van der Waals surface area contributed by atoms with Gasteiger partial charge in [0.1, 0.15) is 20.4 Å². The van der Waals surface area contributed by atoms with Gasteiger partial charge in [-0.05, 0) is 13.8 Å². The van der Waals surface area contributed by atoms with E-state index < -0.39 is 0 Å². The van der Waals surface area contributed by atoms with Gasteiger partial charge in [0.05, 0.1) is 5.41 Å². The third kappa shape index (κ3) is 2.07. The Morgan fingerprint density at radius 3 is 2.53 bits per heavy atom. The number of benzene rings is 1. The third-order valence-electron chi connectivity index (χ3n) is 3.22. The van der Waals surface area contributed by atoms with Crippen molar-refractivity contribution in [1.82, 2.24) is 0 Å². The molecule has 0 fully saturated rings. The molecule has 1 aromatic rings. The van der Waals surface area contributed by atoms with Crippen molar-refractivity contribution in [1.29, 1.82) is 0 Å². The Kier molecular flexibility index (Phi) is 3.94. The molecule has 0 N–H and O–H groups in total. The average molecular weight is 253 g/mol. The lowest BCUT2D eigenvalue weighted by molar-refractivity contribution is -0.400. The summed E-state index contributed by atoms with van der Waals surface area (Å²) in [6.07, 6.45) is 1.79. The molecule has 0 spiro atoms. The minimum atomic E-state index is -0.0205. The number of fused-ring (bicyclic) bond motifs is 1.